The van der Waals surface area contributed by atoms with Gasteiger partial charge in [-0.25, -0.2) is 0 Å². The maximum atomic E-state index is 11.8. The number of nitro groups is 1. The van der Waals surface area contributed by atoms with E-state index >= 15 is 0 Å². The molecule has 0 aromatic carbocycles. The molecular weight excluding hydrogens is 236 g/mol. The van der Waals surface area contributed by atoms with Crippen molar-refractivity contribution in [2.75, 3.05) is 6.61 Å². The SMILES string of the molecule is Cc1cc(=O)n(CC2CCCCO2)cc1[N+](=O)[O-]. The van der Waals surface area contributed by atoms with Gasteiger partial charge in [-0.05, 0) is 26.2 Å². The fourth-order valence-corrected chi connectivity index (χ4v) is 2.16. The van der Waals surface area contributed by atoms with Gasteiger partial charge < -0.3 is 9.30 Å². The minimum atomic E-state index is -0.465. The van der Waals surface area contributed by atoms with E-state index in [1.807, 2.05) is 0 Å². The number of rotatable bonds is 3. The first kappa shape index (κ1) is 12.8. The third-order valence-corrected chi connectivity index (χ3v) is 3.18. The van der Waals surface area contributed by atoms with Gasteiger partial charge in [-0.15, -0.1) is 0 Å². The largest absolute Gasteiger partial charge is 0.376 e. The maximum Gasteiger partial charge on any atom is 0.288 e. The molecule has 18 heavy (non-hydrogen) atoms. The van der Waals surface area contributed by atoms with Crippen LogP contribution < -0.4 is 5.56 Å². The van der Waals surface area contributed by atoms with E-state index in [-0.39, 0.29) is 17.4 Å². The van der Waals surface area contributed by atoms with Gasteiger partial charge in [0.05, 0.1) is 23.8 Å². The number of nitrogens with zero attached hydrogens (tertiary/aromatic N) is 2. The van der Waals surface area contributed by atoms with Crippen LogP contribution in [-0.4, -0.2) is 22.2 Å². The molecule has 98 valence electrons. The molecule has 0 saturated carbocycles. The summed E-state index contributed by atoms with van der Waals surface area (Å²) in [5, 5.41) is 10.8. The van der Waals surface area contributed by atoms with Crippen molar-refractivity contribution in [3.05, 3.63) is 38.3 Å². The molecule has 0 radical (unpaired) electrons. The Hall–Kier alpha value is -1.69. The van der Waals surface area contributed by atoms with E-state index in [9.17, 15) is 14.9 Å². The first-order valence-electron chi connectivity index (χ1n) is 6.05. The van der Waals surface area contributed by atoms with E-state index in [4.69, 9.17) is 4.74 Å². The van der Waals surface area contributed by atoms with Crippen LogP contribution in [-0.2, 0) is 11.3 Å². The predicted molar refractivity (Wildman–Crippen MR) is 65.7 cm³/mol. The number of aromatic nitrogens is 1. The molecular formula is C12H16N2O4. The Balaban J connectivity index is 2.24. The van der Waals surface area contributed by atoms with Crippen LogP contribution >= 0.6 is 0 Å². The third kappa shape index (κ3) is 2.76. The molecule has 1 atom stereocenters. The van der Waals surface area contributed by atoms with E-state index in [2.05, 4.69) is 0 Å². The molecule has 0 bridgehead atoms. The van der Waals surface area contributed by atoms with Crippen LogP contribution in [0.1, 0.15) is 24.8 Å². The predicted octanol–water partition coefficient (Wildman–Crippen LogP) is 1.63. The van der Waals surface area contributed by atoms with Crippen LogP contribution in [0.3, 0.4) is 0 Å². The van der Waals surface area contributed by atoms with E-state index in [1.54, 1.807) is 6.92 Å². The Bertz CT molecular complexity index is 503. The zero-order valence-corrected chi connectivity index (χ0v) is 10.3. The minimum Gasteiger partial charge on any atom is -0.376 e. The average molecular weight is 252 g/mol. The van der Waals surface area contributed by atoms with Gasteiger partial charge in [0.25, 0.3) is 11.2 Å². The van der Waals surface area contributed by atoms with Crippen LogP contribution in [0.5, 0.6) is 0 Å². The molecule has 0 aliphatic carbocycles. The second kappa shape index (κ2) is 5.30. The van der Waals surface area contributed by atoms with Crippen LogP contribution in [0.25, 0.3) is 0 Å². The highest BCUT2D eigenvalue weighted by Gasteiger charge is 2.18. The van der Waals surface area contributed by atoms with E-state index < -0.39 is 4.92 Å². The van der Waals surface area contributed by atoms with Gasteiger partial charge >= 0.3 is 0 Å². The lowest BCUT2D eigenvalue weighted by molar-refractivity contribution is -0.386. The van der Waals surface area contributed by atoms with Crippen molar-refractivity contribution in [3.63, 3.8) is 0 Å². The number of hydrogen-bond donors (Lipinski definition) is 0. The van der Waals surface area contributed by atoms with Crippen molar-refractivity contribution in [2.45, 2.75) is 38.8 Å². The fourth-order valence-electron chi connectivity index (χ4n) is 2.16. The molecule has 1 unspecified atom stereocenters. The summed E-state index contributed by atoms with van der Waals surface area (Å²) in [5.74, 6) is 0. The molecule has 1 aromatic heterocycles. The molecule has 1 fully saturated rings. The van der Waals surface area contributed by atoms with Crippen molar-refractivity contribution in [2.24, 2.45) is 0 Å². The third-order valence-electron chi connectivity index (χ3n) is 3.18. The van der Waals surface area contributed by atoms with Gasteiger partial charge in [0.1, 0.15) is 0 Å². The Kier molecular flexibility index (Phi) is 3.76. The molecule has 0 N–H and O–H groups in total. The smallest absolute Gasteiger partial charge is 0.288 e. The highest BCUT2D eigenvalue weighted by molar-refractivity contribution is 5.35. The zero-order valence-electron chi connectivity index (χ0n) is 10.3. The number of ether oxygens (including phenoxy) is 1. The summed E-state index contributed by atoms with van der Waals surface area (Å²) in [5.41, 5.74) is 0.156. The molecule has 1 aliphatic rings. The summed E-state index contributed by atoms with van der Waals surface area (Å²) >= 11 is 0. The number of hydrogen-bond acceptors (Lipinski definition) is 4. The van der Waals surface area contributed by atoms with Crippen molar-refractivity contribution in [1.82, 2.24) is 4.57 Å². The minimum absolute atomic E-state index is 0.0150. The first-order chi connectivity index (χ1) is 8.58. The van der Waals surface area contributed by atoms with Crippen molar-refractivity contribution in [1.29, 1.82) is 0 Å². The molecule has 2 rings (SSSR count). The number of pyridine rings is 1. The Labute approximate surface area is 104 Å². The molecule has 0 spiro atoms. The van der Waals surface area contributed by atoms with Crippen LogP contribution in [0.2, 0.25) is 0 Å². The summed E-state index contributed by atoms with van der Waals surface area (Å²) in [4.78, 5) is 22.1. The Morgan fingerprint density at radius 2 is 2.33 bits per heavy atom. The zero-order chi connectivity index (χ0) is 13.1. The van der Waals surface area contributed by atoms with Crippen LogP contribution in [0, 0.1) is 17.0 Å². The Morgan fingerprint density at radius 1 is 1.56 bits per heavy atom. The standard InChI is InChI=1S/C12H16N2O4/c1-9-6-12(15)13(8-11(9)14(16)17)7-10-4-2-3-5-18-10/h6,8,10H,2-5,7H2,1H3. The Morgan fingerprint density at radius 3 is 2.94 bits per heavy atom. The lowest BCUT2D eigenvalue weighted by Crippen LogP contribution is -2.30. The first-order valence-corrected chi connectivity index (χ1v) is 6.05. The summed E-state index contributed by atoms with van der Waals surface area (Å²) in [6.07, 6.45) is 4.31. The number of aryl methyl sites for hydroxylation is 1. The lowest BCUT2D eigenvalue weighted by atomic mass is 10.1. The summed E-state index contributed by atoms with van der Waals surface area (Å²) in [6, 6.07) is 1.31. The topological polar surface area (TPSA) is 74.4 Å². The van der Waals surface area contributed by atoms with E-state index in [0.29, 0.717) is 18.7 Å². The summed E-state index contributed by atoms with van der Waals surface area (Å²) < 4.78 is 6.91. The molecule has 1 saturated heterocycles. The van der Waals surface area contributed by atoms with Gasteiger partial charge in [-0.3, -0.25) is 14.9 Å². The maximum absolute atomic E-state index is 11.8. The van der Waals surface area contributed by atoms with Gasteiger partial charge in [-0.1, -0.05) is 0 Å². The normalized spacial score (nSPS) is 19.7. The van der Waals surface area contributed by atoms with Crippen molar-refractivity contribution < 1.29 is 9.66 Å². The highest BCUT2D eigenvalue weighted by atomic mass is 16.6. The molecule has 6 heteroatoms. The van der Waals surface area contributed by atoms with Crippen molar-refractivity contribution in [3.8, 4) is 0 Å². The molecule has 1 aliphatic heterocycles. The van der Waals surface area contributed by atoms with Crippen LogP contribution in [0.4, 0.5) is 5.69 Å². The molecule has 2 heterocycles. The fraction of sp³-hybridized carbons (Fsp3) is 0.583. The summed E-state index contributed by atoms with van der Waals surface area (Å²) in [6.45, 7) is 2.66. The second-order valence-corrected chi connectivity index (χ2v) is 4.58. The van der Waals surface area contributed by atoms with Crippen molar-refractivity contribution >= 4 is 5.69 Å². The average Bonchev–Trinajstić information content (AvgIpc) is 2.33. The summed E-state index contributed by atoms with van der Waals surface area (Å²) in [7, 11) is 0. The lowest BCUT2D eigenvalue weighted by Gasteiger charge is -2.23. The van der Waals surface area contributed by atoms with E-state index in [0.717, 1.165) is 19.3 Å². The highest BCUT2D eigenvalue weighted by Crippen LogP contribution is 2.17. The monoisotopic (exact) mass is 252 g/mol. The molecule has 6 nitrogen and oxygen atoms in total. The van der Waals surface area contributed by atoms with Crippen LogP contribution in [0.15, 0.2) is 17.1 Å². The van der Waals surface area contributed by atoms with Gasteiger partial charge in [0.2, 0.25) is 0 Å². The molecule has 1 aromatic rings. The van der Waals surface area contributed by atoms with Gasteiger partial charge in [0, 0.05) is 18.2 Å². The quantitative estimate of drug-likeness (QED) is 0.605. The van der Waals surface area contributed by atoms with E-state index in [1.165, 1.54) is 16.8 Å². The van der Waals surface area contributed by atoms with Gasteiger partial charge in [0.15, 0.2) is 0 Å². The second-order valence-electron chi connectivity index (χ2n) is 4.58. The van der Waals surface area contributed by atoms with Gasteiger partial charge in [-0.2, -0.15) is 0 Å². The molecule has 0 amide bonds.